The number of ether oxygens (including phenoxy) is 2. The Bertz CT molecular complexity index is 1550. The third-order valence-corrected chi connectivity index (χ3v) is 7.65. The number of amidine groups is 1. The van der Waals surface area contributed by atoms with Crippen LogP contribution in [0.3, 0.4) is 0 Å². The van der Waals surface area contributed by atoms with Crippen molar-refractivity contribution in [2.45, 2.75) is 20.0 Å². The molecule has 2 heterocycles. The van der Waals surface area contributed by atoms with E-state index < -0.39 is 0 Å². The summed E-state index contributed by atoms with van der Waals surface area (Å²) in [6.45, 7) is 4.40. The molecule has 0 fully saturated rings. The lowest BCUT2D eigenvalue weighted by Gasteiger charge is -2.24. The standard InChI is InChI=1S/C32H31N3O2/c1-20-19-22(14-17-27(20)37-4)28-24-9-5-6-10-25(24)30(33-28)35-31-32(2)18-8-7-11-26(32)29(34-31)21-12-15-23(36-3)16-13-21/h5-20,27,33H,1-4H3,(H,34,35). The number of aromatic nitrogens is 1. The molecule has 0 saturated carbocycles. The van der Waals surface area contributed by atoms with Crippen molar-refractivity contribution in [3.05, 3.63) is 108 Å². The van der Waals surface area contributed by atoms with Crippen molar-refractivity contribution in [1.82, 2.24) is 10.3 Å². The highest BCUT2D eigenvalue weighted by molar-refractivity contribution is 6.10. The molecule has 5 heteroatoms. The highest BCUT2D eigenvalue weighted by Gasteiger charge is 2.41. The van der Waals surface area contributed by atoms with E-state index in [2.05, 4.69) is 103 Å². The molecule has 0 radical (unpaired) electrons. The molecule has 2 aliphatic carbocycles. The lowest BCUT2D eigenvalue weighted by molar-refractivity contribution is 0.112. The number of rotatable bonds is 5. The van der Waals surface area contributed by atoms with Crippen LogP contribution < -0.4 is 10.1 Å². The van der Waals surface area contributed by atoms with Crippen LogP contribution in [0.5, 0.6) is 5.75 Å². The van der Waals surface area contributed by atoms with Crippen molar-refractivity contribution < 1.29 is 9.47 Å². The van der Waals surface area contributed by atoms with Crippen LogP contribution in [0.25, 0.3) is 22.0 Å². The number of H-pyrrole nitrogens is 1. The topological polar surface area (TPSA) is 58.6 Å². The Morgan fingerprint density at radius 3 is 2.46 bits per heavy atom. The number of aliphatic imine (C=N–C) groups is 1. The maximum absolute atomic E-state index is 5.59. The number of fused-ring (bicyclic) bond motifs is 2. The van der Waals surface area contributed by atoms with Gasteiger partial charge in [-0.3, -0.25) is 0 Å². The maximum atomic E-state index is 5.59. The Kier molecular flexibility index (Phi) is 5.73. The molecule has 3 aromatic rings. The van der Waals surface area contributed by atoms with Gasteiger partial charge < -0.3 is 19.8 Å². The molecule has 2 aromatic carbocycles. The normalized spacial score (nSPS) is 25.5. The lowest BCUT2D eigenvalue weighted by atomic mass is 9.79. The summed E-state index contributed by atoms with van der Waals surface area (Å²) >= 11 is 0. The van der Waals surface area contributed by atoms with E-state index in [4.69, 9.17) is 14.5 Å². The minimum absolute atomic E-state index is 0.0966. The largest absolute Gasteiger partial charge is 0.497 e. The van der Waals surface area contributed by atoms with Crippen molar-refractivity contribution in [3.63, 3.8) is 0 Å². The first-order valence-corrected chi connectivity index (χ1v) is 12.7. The fourth-order valence-electron chi connectivity index (χ4n) is 5.51. The van der Waals surface area contributed by atoms with Gasteiger partial charge in [0.25, 0.3) is 0 Å². The Labute approximate surface area is 217 Å². The molecular weight excluding hydrogens is 458 g/mol. The first-order chi connectivity index (χ1) is 18.0. The molecule has 5 nitrogen and oxygen atoms in total. The number of nitrogens with one attached hydrogen (secondary N) is 2. The molecule has 0 saturated heterocycles. The molecular formula is C32H31N3O2. The van der Waals surface area contributed by atoms with Gasteiger partial charge in [0, 0.05) is 23.8 Å². The summed E-state index contributed by atoms with van der Waals surface area (Å²) in [6, 6.07) is 16.6. The summed E-state index contributed by atoms with van der Waals surface area (Å²) in [4.78, 5) is 8.90. The summed E-state index contributed by atoms with van der Waals surface area (Å²) in [5.74, 6) is 2.87. The van der Waals surface area contributed by atoms with Crippen LogP contribution >= 0.6 is 0 Å². The highest BCUT2D eigenvalue weighted by Crippen LogP contribution is 2.45. The van der Waals surface area contributed by atoms with Crippen LogP contribution in [-0.4, -0.2) is 31.1 Å². The fraction of sp³-hybridized carbons (Fsp3) is 0.219. The van der Waals surface area contributed by atoms with E-state index in [9.17, 15) is 0 Å². The van der Waals surface area contributed by atoms with Crippen molar-refractivity contribution >= 4 is 33.7 Å². The molecule has 3 aliphatic rings. The average Bonchev–Trinajstić information content (AvgIpc) is 3.44. The predicted molar refractivity (Wildman–Crippen MR) is 152 cm³/mol. The van der Waals surface area contributed by atoms with E-state index in [1.54, 1.807) is 14.2 Å². The second-order valence-electron chi connectivity index (χ2n) is 9.96. The molecule has 0 amide bonds. The Morgan fingerprint density at radius 1 is 0.946 bits per heavy atom. The molecule has 0 spiro atoms. The van der Waals surface area contributed by atoms with Crippen LogP contribution in [0.15, 0.2) is 102 Å². The number of allylic oxidation sites excluding steroid dienone is 5. The van der Waals surface area contributed by atoms with Gasteiger partial charge in [0.15, 0.2) is 0 Å². The van der Waals surface area contributed by atoms with Gasteiger partial charge in [-0.1, -0.05) is 73.7 Å². The fourth-order valence-corrected chi connectivity index (χ4v) is 5.51. The minimum Gasteiger partial charge on any atom is -0.497 e. The zero-order valence-corrected chi connectivity index (χ0v) is 21.6. The molecule has 3 atom stereocenters. The van der Waals surface area contributed by atoms with Crippen LogP contribution in [0, 0.1) is 11.3 Å². The van der Waals surface area contributed by atoms with Gasteiger partial charge in [0.1, 0.15) is 17.4 Å². The average molecular weight is 490 g/mol. The van der Waals surface area contributed by atoms with Crippen LogP contribution in [0.1, 0.15) is 25.1 Å². The number of aromatic amines is 1. The second kappa shape index (κ2) is 9.09. The van der Waals surface area contributed by atoms with Gasteiger partial charge in [-0.05, 0) is 47.9 Å². The lowest BCUT2D eigenvalue weighted by Crippen LogP contribution is -2.30. The summed E-state index contributed by atoms with van der Waals surface area (Å²) in [5.41, 5.74) is 5.25. The van der Waals surface area contributed by atoms with Crippen molar-refractivity contribution in [2.24, 2.45) is 16.3 Å². The number of benzene rings is 2. The van der Waals surface area contributed by atoms with E-state index in [0.717, 1.165) is 50.7 Å². The Hall–Kier alpha value is -4.09. The van der Waals surface area contributed by atoms with Crippen molar-refractivity contribution in [2.75, 3.05) is 14.2 Å². The minimum atomic E-state index is -0.361. The van der Waals surface area contributed by atoms with E-state index in [-0.39, 0.29) is 17.4 Å². The smallest absolute Gasteiger partial charge is 0.140 e. The van der Waals surface area contributed by atoms with Crippen LogP contribution in [0.2, 0.25) is 0 Å². The van der Waals surface area contributed by atoms with Crippen molar-refractivity contribution in [3.8, 4) is 5.75 Å². The zero-order valence-electron chi connectivity index (χ0n) is 21.6. The van der Waals surface area contributed by atoms with Gasteiger partial charge in [-0.25, -0.2) is 4.99 Å². The van der Waals surface area contributed by atoms with Gasteiger partial charge in [0.05, 0.1) is 30.0 Å². The number of nitrogens with zero attached hydrogens (tertiary/aromatic N) is 1. The molecule has 186 valence electrons. The third kappa shape index (κ3) is 3.87. The van der Waals surface area contributed by atoms with Gasteiger partial charge in [-0.15, -0.1) is 0 Å². The Morgan fingerprint density at radius 2 is 1.73 bits per heavy atom. The quantitative estimate of drug-likeness (QED) is 0.407. The second-order valence-corrected chi connectivity index (χ2v) is 9.96. The summed E-state index contributed by atoms with van der Waals surface area (Å²) in [5, 5.41) is 5.93. The summed E-state index contributed by atoms with van der Waals surface area (Å²) < 4.78 is 11.0. The first kappa shape index (κ1) is 23.3. The molecule has 0 bridgehead atoms. The molecule has 3 unspecified atom stereocenters. The molecule has 2 N–H and O–H groups in total. The van der Waals surface area contributed by atoms with Gasteiger partial charge in [-0.2, -0.15) is 0 Å². The summed E-state index contributed by atoms with van der Waals surface area (Å²) in [6.07, 6.45) is 15.2. The van der Waals surface area contributed by atoms with Crippen molar-refractivity contribution in [1.29, 1.82) is 0 Å². The van der Waals surface area contributed by atoms with E-state index in [1.807, 2.05) is 12.1 Å². The highest BCUT2D eigenvalue weighted by atomic mass is 16.5. The third-order valence-electron chi connectivity index (χ3n) is 7.65. The molecule has 1 aromatic heterocycles. The summed E-state index contributed by atoms with van der Waals surface area (Å²) in [7, 11) is 3.45. The zero-order chi connectivity index (χ0) is 25.6. The molecule has 6 rings (SSSR count). The number of hydrogen-bond acceptors (Lipinski definition) is 3. The maximum Gasteiger partial charge on any atom is 0.140 e. The number of hydrogen-bond donors (Lipinski definition) is 2. The van der Waals surface area contributed by atoms with Crippen LogP contribution in [-0.2, 0) is 4.74 Å². The van der Waals surface area contributed by atoms with Gasteiger partial charge >= 0.3 is 0 Å². The van der Waals surface area contributed by atoms with E-state index in [1.165, 1.54) is 5.57 Å². The monoisotopic (exact) mass is 489 g/mol. The molecule has 37 heavy (non-hydrogen) atoms. The Balaban J connectivity index is 1.44. The number of methoxy groups -OCH3 is 2. The van der Waals surface area contributed by atoms with Crippen LogP contribution in [0.4, 0.5) is 5.82 Å². The predicted octanol–water partition coefficient (Wildman–Crippen LogP) is 6.96. The SMILES string of the molecule is COc1ccc(C2=C3C=CC=CC3(C)C(=Nc3[nH]c(C4=CC(C)C(OC)C=C4)c4ccccc34)N2)cc1. The molecule has 1 aliphatic heterocycles. The van der Waals surface area contributed by atoms with E-state index in [0.29, 0.717) is 0 Å². The first-order valence-electron chi connectivity index (χ1n) is 12.7. The van der Waals surface area contributed by atoms with E-state index >= 15 is 0 Å². The van der Waals surface area contributed by atoms with Gasteiger partial charge in [0.2, 0.25) is 0 Å².